The minimum absolute atomic E-state index is 0.0275. The van der Waals surface area contributed by atoms with Gasteiger partial charge in [0.1, 0.15) is 6.04 Å². The lowest BCUT2D eigenvalue weighted by atomic mass is 9.86. The highest BCUT2D eigenvalue weighted by atomic mass is 16.6. The van der Waals surface area contributed by atoms with Gasteiger partial charge in [0.2, 0.25) is 0 Å². The number of aliphatic hydroxyl groups excluding tert-OH is 1. The van der Waals surface area contributed by atoms with Gasteiger partial charge < -0.3 is 25.2 Å². The Hall–Kier alpha value is -4.16. The number of hydrazine groups is 1. The first-order valence-electron chi connectivity index (χ1n) is 14.7. The molecule has 4 N–H and O–H groups in total. The monoisotopic (exact) mass is 611 g/mol. The Morgan fingerprint density at radius 2 is 1.64 bits per heavy atom. The van der Waals surface area contributed by atoms with Crippen LogP contribution in [0.2, 0.25) is 0 Å². The van der Waals surface area contributed by atoms with E-state index >= 15 is 0 Å². The van der Waals surface area contributed by atoms with Gasteiger partial charge in [-0.15, -0.1) is 0 Å². The first-order chi connectivity index (χ1) is 20.8. The minimum atomic E-state index is -1.14. The second-order valence-corrected chi connectivity index (χ2v) is 12.4. The van der Waals surface area contributed by atoms with Crippen molar-refractivity contribution in [2.75, 3.05) is 31.6 Å². The van der Waals surface area contributed by atoms with Gasteiger partial charge >= 0.3 is 12.2 Å². The van der Waals surface area contributed by atoms with Gasteiger partial charge in [0.05, 0.1) is 25.8 Å². The van der Waals surface area contributed by atoms with Gasteiger partial charge in [-0.2, -0.15) is 0 Å². The molecule has 1 aliphatic heterocycles. The second kappa shape index (κ2) is 15.5. The molecular weight excluding hydrogens is 566 g/mol. The molecule has 0 radical (unpaired) electrons. The summed E-state index contributed by atoms with van der Waals surface area (Å²) in [6, 6.07) is 16.6. The summed E-state index contributed by atoms with van der Waals surface area (Å²) in [5, 5.41) is 18.6. The molecule has 12 nitrogen and oxygen atoms in total. The molecule has 1 heterocycles. The molecule has 4 amide bonds. The molecule has 0 aromatic heterocycles. The van der Waals surface area contributed by atoms with E-state index < -0.39 is 53.7 Å². The predicted octanol–water partition coefficient (Wildman–Crippen LogP) is 2.86. The highest BCUT2D eigenvalue weighted by molar-refractivity contribution is 5.95. The third-order valence-corrected chi connectivity index (χ3v) is 7.10. The molecule has 0 spiro atoms. The van der Waals surface area contributed by atoms with Crippen LogP contribution in [0.4, 0.5) is 15.3 Å². The smallest absolute Gasteiger partial charge is 0.415 e. The highest BCUT2D eigenvalue weighted by Gasteiger charge is 2.39. The molecule has 44 heavy (non-hydrogen) atoms. The maximum atomic E-state index is 13.4. The van der Waals surface area contributed by atoms with Crippen molar-refractivity contribution >= 4 is 29.7 Å². The number of anilines is 1. The van der Waals surface area contributed by atoms with E-state index in [2.05, 4.69) is 16.1 Å². The van der Waals surface area contributed by atoms with Crippen molar-refractivity contribution < 1.29 is 33.8 Å². The number of nitrogens with one attached hydrogen (secondary N) is 3. The largest absolute Gasteiger partial charge is 0.453 e. The molecule has 0 bridgehead atoms. The zero-order valence-electron chi connectivity index (χ0n) is 26.3. The summed E-state index contributed by atoms with van der Waals surface area (Å²) in [5.41, 5.74) is 3.70. The van der Waals surface area contributed by atoms with E-state index in [0.717, 1.165) is 5.56 Å². The van der Waals surface area contributed by atoms with E-state index in [-0.39, 0.29) is 25.4 Å². The van der Waals surface area contributed by atoms with E-state index in [9.17, 15) is 24.3 Å². The standard InChI is InChI=1S/C32H45N5O7/c1-21(2)18-36(35-29(40)27(32(3,4)5)34-30(41)43-6)19-25(38)24(17-22-13-9-7-10-14-22)33-28(39)26-20-37(31(42)44-26)23-15-11-8-12-16-23/h7-16,21,24-27,38H,17-20H2,1-6H3,(H,33,39)(H,34,41)(H,35,40)/t24?,25-,26?,27?/m0/s1. The van der Waals surface area contributed by atoms with Crippen molar-refractivity contribution in [2.24, 2.45) is 11.3 Å². The number of ether oxygens (including phenoxy) is 2. The maximum absolute atomic E-state index is 13.4. The van der Waals surface area contributed by atoms with Crippen LogP contribution in [0.5, 0.6) is 0 Å². The van der Waals surface area contributed by atoms with Crippen molar-refractivity contribution in [1.29, 1.82) is 0 Å². The van der Waals surface area contributed by atoms with Gasteiger partial charge in [-0.25, -0.2) is 14.6 Å². The molecule has 3 unspecified atom stereocenters. The van der Waals surface area contributed by atoms with E-state index in [4.69, 9.17) is 9.47 Å². The quantitative estimate of drug-likeness (QED) is 0.253. The molecule has 1 aliphatic rings. The molecule has 0 saturated carbocycles. The Bertz CT molecular complexity index is 1250. The number of hydrogen-bond acceptors (Lipinski definition) is 8. The number of carbonyl (C=O) groups is 4. The normalized spacial score (nSPS) is 17.1. The lowest BCUT2D eigenvalue weighted by Crippen LogP contribution is -2.60. The van der Waals surface area contributed by atoms with Crippen LogP contribution in [0, 0.1) is 11.3 Å². The zero-order chi connectivity index (χ0) is 32.4. The lowest BCUT2D eigenvalue weighted by molar-refractivity contribution is -0.133. The van der Waals surface area contributed by atoms with Gasteiger partial charge in [0.15, 0.2) is 6.10 Å². The number of methoxy groups -OCH3 is 1. The molecule has 0 aliphatic carbocycles. The van der Waals surface area contributed by atoms with Crippen LogP contribution < -0.4 is 21.0 Å². The minimum Gasteiger partial charge on any atom is -0.453 e. The van der Waals surface area contributed by atoms with Crippen LogP contribution in [0.3, 0.4) is 0 Å². The van der Waals surface area contributed by atoms with Crippen LogP contribution in [-0.4, -0.2) is 85.2 Å². The predicted molar refractivity (Wildman–Crippen MR) is 165 cm³/mol. The average Bonchev–Trinajstić information content (AvgIpc) is 3.36. The first-order valence-corrected chi connectivity index (χ1v) is 14.7. The number of cyclic esters (lactones) is 1. The molecule has 4 atom stereocenters. The van der Waals surface area contributed by atoms with Crippen LogP contribution in [0.1, 0.15) is 40.2 Å². The van der Waals surface area contributed by atoms with Crippen LogP contribution >= 0.6 is 0 Å². The summed E-state index contributed by atoms with van der Waals surface area (Å²) in [6.45, 7) is 9.76. The van der Waals surface area contributed by atoms with Gasteiger partial charge in [-0.1, -0.05) is 83.1 Å². The third-order valence-electron chi connectivity index (χ3n) is 7.10. The Labute approximate surface area is 259 Å². The van der Waals surface area contributed by atoms with Crippen molar-refractivity contribution in [3.8, 4) is 0 Å². The molecule has 2 aromatic rings. The van der Waals surface area contributed by atoms with Gasteiger partial charge in [0.25, 0.3) is 11.8 Å². The van der Waals surface area contributed by atoms with Crippen LogP contribution in [-0.2, 0) is 25.5 Å². The fourth-order valence-electron chi connectivity index (χ4n) is 4.88. The molecule has 1 fully saturated rings. The fourth-order valence-corrected chi connectivity index (χ4v) is 4.88. The number of alkyl carbamates (subject to hydrolysis) is 1. The highest BCUT2D eigenvalue weighted by Crippen LogP contribution is 2.22. The maximum Gasteiger partial charge on any atom is 0.415 e. The SMILES string of the molecule is COC(=O)NC(C(=O)NN(CC(C)C)C[C@H](O)C(Cc1ccccc1)NC(=O)C1CN(c2ccccc2)C(=O)O1)C(C)(C)C. The van der Waals surface area contributed by atoms with Crippen molar-refractivity contribution in [3.63, 3.8) is 0 Å². The molecule has 1 saturated heterocycles. The first kappa shape index (κ1) is 34.3. The molecule has 12 heteroatoms. The van der Waals surface area contributed by atoms with Crippen molar-refractivity contribution in [3.05, 3.63) is 66.2 Å². The van der Waals surface area contributed by atoms with E-state index in [1.807, 2.05) is 71.0 Å². The zero-order valence-corrected chi connectivity index (χ0v) is 26.3. The summed E-state index contributed by atoms with van der Waals surface area (Å²) in [6.07, 6.45) is -3.29. The topological polar surface area (TPSA) is 150 Å². The number of carbonyl (C=O) groups excluding carboxylic acids is 4. The molecule has 2 aromatic carbocycles. The summed E-state index contributed by atoms with van der Waals surface area (Å²) >= 11 is 0. The van der Waals surface area contributed by atoms with E-state index in [1.54, 1.807) is 29.3 Å². The van der Waals surface area contributed by atoms with Gasteiger partial charge in [0, 0.05) is 18.8 Å². The average molecular weight is 612 g/mol. The van der Waals surface area contributed by atoms with Crippen LogP contribution in [0.25, 0.3) is 0 Å². The van der Waals surface area contributed by atoms with Crippen LogP contribution in [0.15, 0.2) is 60.7 Å². The number of benzene rings is 2. The van der Waals surface area contributed by atoms with E-state index in [0.29, 0.717) is 12.2 Å². The number of para-hydroxylation sites is 1. The van der Waals surface area contributed by atoms with Crippen molar-refractivity contribution in [2.45, 2.75) is 65.3 Å². The number of amides is 4. The fraction of sp³-hybridized carbons (Fsp3) is 0.500. The second-order valence-electron chi connectivity index (χ2n) is 12.4. The Morgan fingerprint density at radius 3 is 2.20 bits per heavy atom. The molecular formula is C32H45N5O7. The summed E-state index contributed by atoms with van der Waals surface area (Å²) in [4.78, 5) is 52.7. The Morgan fingerprint density at radius 1 is 1.02 bits per heavy atom. The Balaban J connectivity index is 1.77. The van der Waals surface area contributed by atoms with Gasteiger partial charge in [-0.05, 0) is 35.4 Å². The number of nitrogens with zero attached hydrogens (tertiary/aromatic N) is 2. The number of hydrogen-bond donors (Lipinski definition) is 4. The number of aliphatic hydroxyl groups is 1. The Kier molecular flexibility index (Phi) is 12.1. The van der Waals surface area contributed by atoms with Crippen molar-refractivity contribution in [1.82, 2.24) is 21.1 Å². The van der Waals surface area contributed by atoms with Gasteiger partial charge in [-0.3, -0.25) is 19.9 Å². The third kappa shape index (κ3) is 9.95. The van der Waals surface area contributed by atoms with E-state index in [1.165, 1.54) is 12.0 Å². The lowest BCUT2D eigenvalue weighted by Gasteiger charge is -2.35. The summed E-state index contributed by atoms with van der Waals surface area (Å²) in [5.74, 6) is -0.905. The molecule has 3 rings (SSSR count). The number of rotatable bonds is 13. The molecule has 240 valence electrons. The summed E-state index contributed by atoms with van der Waals surface area (Å²) < 4.78 is 10.1. The summed E-state index contributed by atoms with van der Waals surface area (Å²) in [7, 11) is 1.22.